The second-order valence-electron chi connectivity index (χ2n) is 4.27. The van der Waals surface area contributed by atoms with Gasteiger partial charge in [0.15, 0.2) is 0 Å². The zero-order chi connectivity index (χ0) is 11.4. The number of likely N-dealkylation sites (N-methyl/N-ethyl adjacent to an activating group) is 2. The molecule has 1 aliphatic rings. The Morgan fingerprint density at radius 2 is 2.20 bits per heavy atom. The van der Waals surface area contributed by atoms with E-state index in [2.05, 4.69) is 11.8 Å². The average Bonchev–Trinajstić information content (AvgIpc) is 2.31. The first-order valence-corrected chi connectivity index (χ1v) is 5.73. The molecule has 0 aliphatic carbocycles. The van der Waals surface area contributed by atoms with E-state index in [-0.39, 0.29) is 18.6 Å². The number of hydrogen-bond acceptors (Lipinski definition) is 3. The van der Waals surface area contributed by atoms with Gasteiger partial charge in [-0.2, -0.15) is 0 Å². The molecule has 2 atom stereocenters. The smallest absolute Gasteiger partial charge is 0.240 e. The number of hydrogen-bond donors (Lipinski definition) is 1. The molecule has 4 nitrogen and oxygen atoms in total. The summed E-state index contributed by atoms with van der Waals surface area (Å²) in [5.74, 6) is 0.166. The first kappa shape index (κ1) is 12.5. The lowest BCUT2D eigenvalue weighted by Crippen LogP contribution is -2.46. The van der Waals surface area contributed by atoms with Gasteiger partial charge in [0.25, 0.3) is 0 Å². The van der Waals surface area contributed by atoms with Crippen molar-refractivity contribution in [3.05, 3.63) is 0 Å². The van der Waals surface area contributed by atoms with E-state index in [1.54, 1.807) is 0 Å². The standard InChI is InChI=1S/C11H22N2O2/c1-4-13-9(2)5-7-12(3)10(6-8-14)11(13)15/h9-10,14H,4-8H2,1-3H3. The van der Waals surface area contributed by atoms with E-state index in [1.807, 2.05) is 18.9 Å². The summed E-state index contributed by atoms with van der Waals surface area (Å²) >= 11 is 0. The van der Waals surface area contributed by atoms with Gasteiger partial charge in [-0.05, 0) is 33.7 Å². The fraction of sp³-hybridized carbons (Fsp3) is 0.909. The van der Waals surface area contributed by atoms with Gasteiger partial charge in [-0.1, -0.05) is 0 Å². The second-order valence-corrected chi connectivity index (χ2v) is 4.27. The molecule has 0 saturated carbocycles. The second kappa shape index (κ2) is 5.47. The van der Waals surface area contributed by atoms with E-state index in [0.29, 0.717) is 12.5 Å². The van der Waals surface area contributed by atoms with Crippen molar-refractivity contribution in [2.45, 2.75) is 38.8 Å². The normalized spacial score (nSPS) is 29.3. The van der Waals surface area contributed by atoms with Gasteiger partial charge < -0.3 is 10.0 Å². The van der Waals surface area contributed by atoms with Crippen molar-refractivity contribution in [3.63, 3.8) is 0 Å². The van der Waals surface area contributed by atoms with Crippen molar-refractivity contribution >= 4 is 5.91 Å². The van der Waals surface area contributed by atoms with Crippen LogP contribution in [0.2, 0.25) is 0 Å². The van der Waals surface area contributed by atoms with Crippen LogP contribution >= 0.6 is 0 Å². The molecule has 1 saturated heterocycles. The van der Waals surface area contributed by atoms with Gasteiger partial charge in [-0.3, -0.25) is 9.69 Å². The van der Waals surface area contributed by atoms with Gasteiger partial charge >= 0.3 is 0 Å². The maximum absolute atomic E-state index is 12.2. The highest BCUT2D eigenvalue weighted by Gasteiger charge is 2.32. The van der Waals surface area contributed by atoms with Crippen molar-refractivity contribution in [3.8, 4) is 0 Å². The molecule has 2 unspecified atom stereocenters. The topological polar surface area (TPSA) is 43.8 Å². The third kappa shape index (κ3) is 2.69. The summed E-state index contributed by atoms with van der Waals surface area (Å²) in [5.41, 5.74) is 0. The van der Waals surface area contributed by atoms with E-state index in [0.717, 1.165) is 19.5 Å². The molecule has 15 heavy (non-hydrogen) atoms. The van der Waals surface area contributed by atoms with Crippen LogP contribution < -0.4 is 0 Å². The Kier molecular flexibility index (Phi) is 4.54. The minimum Gasteiger partial charge on any atom is -0.396 e. The monoisotopic (exact) mass is 214 g/mol. The fourth-order valence-corrected chi connectivity index (χ4v) is 2.23. The summed E-state index contributed by atoms with van der Waals surface area (Å²) in [6, 6.07) is 0.175. The highest BCUT2D eigenvalue weighted by molar-refractivity contribution is 5.82. The molecule has 1 amide bonds. The number of rotatable bonds is 3. The van der Waals surface area contributed by atoms with Crippen LogP contribution in [0.5, 0.6) is 0 Å². The number of nitrogens with zero attached hydrogens (tertiary/aromatic N) is 2. The number of carbonyl (C=O) groups excluding carboxylic acids is 1. The summed E-state index contributed by atoms with van der Waals surface area (Å²) in [6.45, 7) is 5.86. The summed E-state index contributed by atoms with van der Waals surface area (Å²) < 4.78 is 0. The summed E-state index contributed by atoms with van der Waals surface area (Å²) in [4.78, 5) is 16.1. The Hall–Kier alpha value is -0.610. The van der Waals surface area contributed by atoms with Gasteiger partial charge in [0.2, 0.25) is 5.91 Å². The van der Waals surface area contributed by atoms with Gasteiger partial charge in [-0.15, -0.1) is 0 Å². The van der Waals surface area contributed by atoms with Crippen molar-refractivity contribution < 1.29 is 9.90 Å². The molecule has 1 N–H and O–H groups in total. The van der Waals surface area contributed by atoms with Crippen molar-refractivity contribution in [1.82, 2.24) is 9.80 Å². The lowest BCUT2D eigenvalue weighted by atomic mass is 10.1. The van der Waals surface area contributed by atoms with Gasteiger partial charge in [-0.25, -0.2) is 0 Å². The molecular weight excluding hydrogens is 192 g/mol. The van der Waals surface area contributed by atoms with Crippen molar-refractivity contribution in [2.24, 2.45) is 0 Å². The van der Waals surface area contributed by atoms with Gasteiger partial charge in [0, 0.05) is 25.7 Å². The first-order chi connectivity index (χ1) is 7.11. The zero-order valence-corrected chi connectivity index (χ0v) is 9.94. The molecule has 0 aromatic carbocycles. The first-order valence-electron chi connectivity index (χ1n) is 5.73. The minimum absolute atomic E-state index is 0.0761. The molecule has 1 fully saturated rings. The molecule has 1 aliphatic heterocycles. The Balaban J connectivity index is 2.80. The predicted octanol–water partition coefficient (Wildman–Crippen LogP) is 0.310. The predicted molar refractivity (Wildman–Crippen MR) is 59.6 cm³/mol. The Morgan fingerprint density at radius 3 is 2.73 bits per heavy atom. The Morgan fingerprint density at radius 1 is 1.53 bits per heavy atom. The SMILES string of the molecule is CCN1C(=O)C(CCO)N(C)CCC1C. The summed E-state index contributed by atoms with van der Waals surface area (Å²) in [5, 5.41) is 8.97. The van der Waals surface area contributed by atoms with Crippen LogP contribution in [0.15, 0.2) is 0 Å². The van der Waals surface area contributed by atoms with E-state index >= 15 is 0 Å². The highest BCUT2D eigenvalue weighted by atomic mass is 16.3. The molecule has 0 aromatic rings. The van der Waals surface area contributed by atoms with Crippen LogP contribution in [0.4, 0.5) is 0 Å². The molecule has 1 heterocycles. The largest absolute Gasteiger partial charge is 0.396 e. The van der Waals surface area contributed by atoms with E-state index in [9.17, 15) is 4.79 Å². The fourth-order valence-electron chi connectivity index (χ4n) is 2.23. The van der Waals surface area contributed by atoms with Crippen LogP contribution in [0.25, 0.3) is 0 Å². The van der Waals surface area contributed by atoms with Crippen LogP contribution in [0, 0.1) is 0 Å². The molecule has 0 spiro atoms. The number of aliphatic hydroxyl groups excluding tert-OH is 1. The third-order valence-corrected chi connectivity index (χ3v) is 3.28. The molecule has 1 rings (SSSR count). The van der Waals surface area contributed by atoms with Crippen LogP contribution in [-0.2, 0) is 4.79 Å². The van der Waals surface area contributed by atoms with Crippen molar-refractivity contribution in [2.75, 3.05) is 26.7 Å². The number of amides is 1. The van der Waals surface area contributed by atoms with Gasteiger partial charge in [0.05, 0.1) is 6.04 Å². The maximum atomic E-state index is 12.2. The van der Waals surface area contributed by atoms with Crippen LogP contribution in [0.3, 0.4) is 0 Å². The molecule has 4 heteroatoms. The maximum Gasteiger partial charge on any atom is 0.240 e. The molecular formula is C11H22N2O2. The van der Waals surface area contributed by atoms with Crippen molar-refractivity contribution in [1.29, 1.82) is 0 Å². The Labute approximate surface area is 91.9 Å². The third-order valence-electron chi connectivity index (χ3n) is 3.28. The molecule has 0 aromatic heterocycles. The van der Waals surface area contributed by atoms with E-state index < -0.39 is 0 Å². The molecule has 0 bridgehead atoms. The lowest BCUT2D eigenvalue weighted by molar-refractivity contribution is -0.136. The summed E-state index contributed by atoms with van der Waals surface area (Å²) in [7, 11) is 1.96. The van der Waals surface area contributed by atoms with Crippen LogP contribution in [-0.4, -0.2) is 59.6 Å². The lowest BCUT2D eigenvalue weighted by Gasteiger charge is -2.29. The average molecular weight is 214 g/mol. The van der Waals surface area contributed by atoms with E-state index in [4.69, 9.17) is 5.11 Å². The Bertz CT molecular complexity index is 221. The molecule has 0 radical (unpaired) electrons. The van der Waals surface area contributed by atoms with E-state index in [1.165, 1.54) is 0 Å². The summed E-state index contributed by atoms with van der Waals surface area (Å²) in [6.07, 6.45) is 1.55. The highest BCUT2D eigenvalue weighted by Crippen LogP contribution is 2.17. The quantitative estimate of drug-likeness (QED) is 0.735. The molecule has 88 valence electrons. The van der Waals surface area contributed by atoms with Gasteiger partial charge in [0.1, 0.15) is 0 Å². The number of carbonyl (C=O) groups is 1. The zero-order valence-electron chi connectivity index (χ0n) is 9.94. The minimum atomic E-state index is -0.139. The number of aliphatic hydroxyl groups is 1. The van der Waals surface area contributed by atoms with Crippen LogP contribution in [0.1, 0.15) is 26.7 Å².